The molecule has 1 aliphatic heterocycles. The number of nitrogens with zero attached hydrogens (tertiary/aromatic N) is 7. The number of piperazine rings is 1. The fourth-order valence-corrected chi connectivity index (χ4v) is 4.58. The van der Waals surface area contributed by atoms with Gasteiger partial charge in [-0.3, -0.25) is 34.5 Å². The topological polar surface area (TPSA) is 160 Å². The molecule has 1 N–H and O–H groups in total. The monoisotopic (exact) mass is 529 g/mol. The van der Waals surface area contributed by atoms with E-state index in [4.69, 9.17) is 0 Å². The molecule has 1 aromatic heterocycles. The fourth-order valence-electron chi connectivity index (χ4n) is 4.58. The SMILES string of the molecule is O=C(N=Nc1c(O)n(CN2CCN(c3ccccc3)CC2)c2ccccc12)c1cc([N+](=O)[O-])cc([N+](=O)[O-])c1. The van der Waals surface area contributed by atoms with Crippen LogP contribution in [-0.4, -0.2) is 56.5 Å². The number of azo groups is 1. The first-order valence-corrected chi connectivity index (χ1v) is 12.0. The minimum absolute atomic E-state index is 0.0572. The van der Waals surface area contributed by atoms with E-state index in [9.17, 15) is 30.1 Å². The molecule has 0 radical (unpaired) electrons. The first-order valence-electron chi connectivity index (χ1n) is 12.0. The fraction of sp³-hybridized carbons (Fsp3) is 0.192. The molecular formula is C26H23N7O6. The van der Waals surface area contributed by atoms with Crippen molar-refractivity contribution in [1.29, 1.82) is 0 Å². The summed E-state index contributed by atoms with van der Waals surface area (Å²) in [4.78, 5) is 37.8. The highest BCUT2D eigenvalue weighted by atomic mass is 16.6. The molecule has 3 aromatic carbocycles. The predicted octanol–water partition coefficient (Wildman–Crippen LogP) is 4.87. The Morgan fingerprint density at radius 2 is 1.49 bits per heavy atom. The summed E-state index contributed by atoms with van der Waals surface area (Å²) >= 11 is 0. The van der Waals surface area contributed by atoms with Gasteiger partial charge in [0.05, 0.1) is 33.7 Å². The summed E-state index contributed by atoms with van der Waals surface area (Å²) in [6, 6.07) is 19.8. The molecule has 0 atom stereocenters. The standard InChI is InChI=1S/C26H23N7O6/c34-25(18-14-20(32(36)37)16-21(15-18)33(38)39)28-27-24-22-8-4-5-9-23(22)31(26(24)35)17-29-10-12-30(13-11-29)19-6-2-1-3-7-19/h1-9,14-16,35H,10-13,17H2. The van der Waals surface area contributed by atoms with Gasteiger partial charge in [-0.1, -0.05) is 36.4 Å². The molecule has 13 nitrogen and oxygen atoms in total. The number of aromatic nitrogens is 1. The number of nitro groups is 2. The molecule has 5 rings (SSSR count). The van der Waals surface area contributed by atoms with E-state index in [0.29, 0.717) is 17.6 Å². The summed E-state index contributed by atoms with van der Waals surface area (Å²) < 4.78 is 1.69. The zero-order valence-electron chi connectivity index (χ0n) is 20.6. The van der Waals surface area contributed by atoms with Gasteiger partial charge < -0.3 is 10.0 Å². The van der Waals surface area contributed by atoms with Gasteiger partial charge in [-0.25, -0.2) is 0 Å². The van der Waals surface area contributed by atoms with Crippen LogP contribution in [0.1, 0.15) is 10.4 Å². The van der Waals surface area contributed by atoms with E-state index >= 15 is 0 Å². The number of hydrogen-bond donors (Lipinski definition) is 1. The average molecular weight is 530 g/mol. The lowest BCUT2D eigenvalue weighted by Gasteiger charge is -2.36. The van der Waals surface area contributed by atoms with Crippen LogP contribution in [0, 0.1) is 20.2 Å². The van der Waals surface area contributed by atoms with Crippen molar-refractivity contribution < 1.29 is 19.7 Å². The normalized spacial score (nSPS) is 14.2. The van der Waals surface area contributed by atoms with Crippen LogP contribution >= 0.6 is 0 Å². The van der Waals surface area contributed by atoms with E-state index in [2.05, 4.69) is 32.2 Å². The lowest BCUT2D eigenvalue weighted by atomic mass is 10.1. The number of anilines is 1. The van der Waals surface area contributed by atoms with Crippen molar-refractivity contribution in [3.8, 4) is 5.88 Å². The Labute approximate surface area is 221 Å². The van der Waals surface area contributed by atoms with Crippen molar-refractivity contribution >= 4 is 39.6 Å². The first-order chi connectivity index (χ1) is 18.8. The molecular weight excluding hydrogens is 506 g/mol. The first kappa shape index (κ1) is 25.5. The minimum Gasteiger partial charge on any atom is -0.493 e. The highest BCUT2D eigenvalue weighted by Gasteiger charge is 2.23. The lowest BCUT2D eigenvalue weighted by molar-refractivity contribution is -0.394. The van der Waals surface area contributed by atoms with Gasteiger partial charge in [-0.2, -0.15) is 0 Å². The van der Waals surface area contributed by atoms with Gasteiger partial charge in [0.25, 0.3) is 17.3 Å². The minimum atomic E-state index is -1.02. The molecule has 198 valence electrons. The van der Waals surface area contributed by atoms with Crippen molar-refractivity contribution in [2.75, 3.05) is 31.1 Å². The number of carbonyl (C=O) groups is 1. The molecule has 1 saturated heterocycles. The maximum atomic E-state index is 12.7. The molecule has 0 aliphatic carbocycles. The van der Waals surface area contributed by atoms with Crippen LogP contribution in [0.4, 0.5) is 22.7 Å². The van der Waals surface area contributed by atoms with Gasteiger partial charge in [0.15, 0.2) is 5.69 Å². The van der Waals surface area contributed by atoms with E-state index in [1.807, 2.05) is 30.3 Å². The number of carbonyl (C=O) groups excluding carboxylic acids is 1. The van der Waals surface area contributed by atoms with Crippen molar-refractivity contribution in [1.82, 2.24) is 9.47 Å². The zero-order chi connectivity index (χ0) is 27.5. The summed E-state index contributed by atoms with van der Waals surface area (Å²) in [5.41, 5.74) is 0.311. The van der Waals surface area contributed by atoms with Crippen LogP contribution in [-0.2, 0) is 6.67 Å². The largest absolute Gasteiger partial charge is 0.493 e. The second-order valence-electron chi connectivity index (χ2n) is 8.96. The van der Waals surface area contributed by atoms with Crippen LogP contribution in [0.2, 0.25) is 0 Å². The Bertz CT molecular complexity index is 1560. The molecule has 0 bridgehead atoms. The summed E-state index contributed by atoms with van der Waals surface area (Å²) in [6.45, 7) is 3.56. The zero-order valence-corrected chi connectivity index (χ0v) is 20.6. The van der Waals surface area contributed by atoms with Gasteiger partial charge in [-0.05, 0) is 18.2 Å². The predicted molar refractivity (Wildman–Crippen MR) is 142 cm³/mol. The Hall–Kier alpha value is -5.17. The number of hydrogen-bond acceptors (Lipinski definition) is 9. The highest BCUT2D eigenvalue weighted by Crippen LogP contribution is 2.39. The van der Waals surface area contributed by atoms with Crippen molar-refractivity contribution in [3.63, 3.8) is 0 Å². The molecule has 13 heteroatoms. The van der Waals surface area contributed by atoms with Crippen LogP contribution in [0.3, 0.4) is 0 Å². The molecule has 4 aromatic rings. The molecule has 1 fully saturated rings. The number of para-hydroxylation sites is 2. The maximum Gasteiger partial charge on any atom is 0.295 e. The Morgan fingerprint density at radius 3 is 2.13 bits per heavy atom. The maximum absolute atomic E-state index is 12.7. The molecule has 1 amide bonds. The van der Waals surface area contributed by atoms with Gasteiger partial charge in [-0.15, -0.1) is 10.2 Å². The second kappa shape index (κ2) is 10.7. The lowest BCUT2D eigenvalue weighted by Crippen LogP contribution is -2.46. The van der Waals surface area contributed by atoms with Crippen molar-refractivity contribution in [3.05, 3.63) is 98.6 Å². The molecule has 0 spiro atoms. The Kier molecular flexibility index (Phi) is 6.97. The van der Waals surface area contributed by atoms with Crippen LogP contribution in [0.5, 0.6) is 5.88 Å². The van der Waals surface area contributed by atoms with E-state index in [1.54, 1.807) is 16.7 Å². The quantitative estimate of drug-likeness (QED) is 0.202. The summed E-state index contributed by atoms with van der Waals surface area (Å²) in [7, 11) is 0. The summed E-state index contributed by atoms with van der Waals surface area (Å²) in [5, 5.41) is 41.5. The third-order valence-electron chi connectivity index (χ3n) is 6.56. The van der Waals surface area contributed by atoms with Gasteiger partial charge >= 0.3 is 0 Å². The van der Waals surface area contributed by atoms with E-state index in [1.165, 1.54) is 0 Å². The van der Waals surface area contributed by atoms with Crippen LogP contribution in [0.25, 0.3) is 10.9 Å². The smallest absolute Gasteiger partial charge is 0.295 e. The molecule has 0 unspecified atom stereocenters. The Balaban J connectivity index is 1.38. The number of rotatable bonds is 7. The van der Waals surface area contributed by atoms with Gasteiger partial charge in [0, 0.05) is 49.4 Å². The number of amides is 1. The van der Waals surface area contributed by atoms with E-state index < -0.39 is 27.1 Å². The molecule has 39 heavy (non-hydrogen) atoms. The second-order valence-corrected chi connectivity index (χ2v) is 8.96. The molecule has 0 saturated carbocycles. The van der Waals surface area contributed by atoms with E-state index in [-0.39, 0.29) is 17.1 Å². The van der Waals surface area contributed by atoms with E-state index in [0.717, 1.165) is 50.1 Å². The third-order valence-corrected chi connectivity index (χ3v) is 6.56. The Morgan fingerprint density at radius 1 is 0.872 bits per heavy atom. The van der Waals surface area contributed by atoms with Crippen LogP contribution < -0.4 is 4.90 Å². The summed E-state index contributed by atoms with van der Waals surface area (Å²) in [6.07, 6.45) is 0. The van der Waals surface area contributed by atoms with Gasteiger partial charge in [0.1, 0.15) is 0 Å². The number of nitro benzene ring substituents is 2. The van der Waals surface area contributed by atoms with Crippen LogP contribution in [0.15, 0.2) is 83.0 Å². The molecule has 1 aliphatic rings. The number of aromatic hydroxyl groups is 1. The van der Waals surface area contributed by atoms with Crippen molar-refractivity contribution in [2.24, 2.45) is 10.2 Å². The number of benzene rings is 3. The highest BCUT2D eigenvalue weighted by molar-refractivity contribution is 5.98. The number of non-ortho nitro benzene ring substituents is 2. The number of fused-ring (bicyclic) bond motifs is 1. The average Bonchev–Trinajstić information content (AvgIpc) is 3.22. The van der Waals surface area contributed by atoms with Gasteiger partial charge in [0.2, 0.25) is 5.88 Å². The molecule has 2 heterocycles. The third kappa shape index (κ3) is 5.29. The summed E-state index contributed by atoms with van der Waals surface area (Å²) in [5.74, 6) is -1.21. The van der Waals surface area contributed by atoms with Crippen molar-refractivity contribution in [2.45, 2.75) is 6.67 Å².